The van der Waals surface area contributed by atoms with E-state index in [9.17, 15) is 0 Å². The van der Waals surface area contributed by atoms with Gasteiger partial charge in [-0.1, -0.05) is 12.8 Å². The number of hydrogen-bond acceptors (Lipinski definition) is 3. The molecular weight excluding hydrogens is 355 g/mol. The maximum Gasteiger partial charge on any atom is 0.191 e. The van der Waals surface area contributed by atoms with Gasteiger partial charge in [0.25, 0.3) is 0 Å². The number of rotatable bonds is 6. The van der Waals surface area contributed by atoms with Gasteiger partial charge in [-0.3, -0.25) is 4.68 Å². The summed E-state index contributed by atoms with van der Waals surface area (Å²) in [7, 11) is 1.88. The van der Waals surface area contributed by atoms with Crippen LogP contribution in [-0.2, 0) is 13.6 Å². The average Bonchev–Trinajstić information content (AvgIpc) is 3.09. The minimum atomic E-state index is 0. The Labute approximate surface area is 131 Å². The summed E-state index contributed by atoms with van der Waals surface area (Å²) in [6.07, 6.45) is 5.59. The van der Waals surface area contributed by atoms with Gasteiger partial charge < -0.3 is 10.6 Å². The van der Waals surface area contributed by atoms with Gasteiger partial charge in [-0.05, 0) is 19.3 Å². The first-order valence-electron chi connectivity index (χ1n) is 6.64. The molecule has 0 radical (unpaired) electrons. The zero-order chi connectivity index (χ0) is 12.8. The Morgan fingerprint density at radius 2 is 2.26 bits per heavy atom. The van der Waals surface area contributed by atoms with Crippen LogP contribution in [0.1, 0.15) is 32.0 Å². The fourth-order valence-corrected chi connectivity index (χ4v) is 1.76. The predicted molar refractivity (Wildman–Crippen MR) is 86.6 cm³/mol. The van der Waals surface area contributed by atoms with Crippen LogP contribution in [0.5, 0.6) is 0 Å². The second-order valence-electron chi connectivity index (χ2n) is 4.65. The van der Waals surface area contributed by atoms with Gasteiger partial charge in [0.05, 0.1) is 0 Å². The van der Waals surface area contributed by atoms with E-state index in [2.05, 4.69) is 32.6 Å². The molecule has 0 saturated heterocycles. The SMILES string of the molecule is CCNC(=NCc1ncnn1C)NCCC1CC1.I. The quantitative estimate of drug-likeness (QED) is 0.445. The summed E-state index contributed by atoms with van der Waals surface area (Å²) in [5.41, 5.74) is 0. The highest BCUT2D eigenvalue weighted by atomic mass is 127. The van der Waals surface area contributed by atoms with Gasteiger partial charge in [0, 0.05) is 20.1 Å². The Hall–Kier alpha value is -0.860. The molecule has 1 aliphatic rings. The number of guanidine groups is 1. The second-order valence-corrected chi connectivity index (χ2v) is 4.65. The number of hydrogen-bond donors (Lipinski definition) is 2. The van der Waals surface area contributed by atoms with E-state index in [1.165, 1.54) is 19.3 Å². The van der Waals surface area contributed by atoms with Gasteiger partial charge in [-0.15, -0.1) is 24.0 Å². The molecule has 0 aromatic carbocycles. The number of nitrogens with zero attached hydrogens (tertiary/aromatic N) is 4. The molecule has 1 aliphatic carbocycles. The molecule has 6 nitrogen and oxygen atoms in total. The third kappa shape index (κ3) is 5.75. The van der Waals surface area contributed by atoms with Crippen LogP contribution in [0.3, 0.4) is 0 Å². The Kier molecular flexibility index (Phi) is 7.11. The Morgan fingerprint density at radius 1 is 1.47 bits per heavy atom. The highest BCUT2D eigenvalue weighted by Gasteiger charge is 2.20. The van der Waals surface area contributed by atoms with E-state index in [0.29, 0.717) is 6.54 Å². The van der Waals surface area contributed by atoms with Gasteiger partial charge in [0.1, 0.15) is 18.7 Å². The minimum absolute atomic E-state index is 0. The van der Waals surface area contributed by atoms with Crippen molar-refractivity contribution in [1.82, 2.24) is 25.4 Å². The van der Waals surface area contributed by atoms with E-state index in [1.54, 1.807) is 11.0 Å². The first-order valence-corrected chi connectivity index (χ1v) is 6.64. The molecule has 1 heterocycles. The van der Waals surface area contributed by atoms with Crippen LogP contribution >= 0.6 is 24.0 Å². The first kappa shape index (κ1) is 16.2. The molecule has 2 rings (SSSR count). The Bertz CT molecular complexity index is 399. The van der Waals surface area contributed by atoms with Gasteiger partial charge in [-0.2, -0.15) is 5.10 Å². The van der Waals surface area contributed by atoms with Crippen molar-refractivity contribution in [2.75, 3.05) is 13.1 Å². The summed E-state index contributed by atoms with van der Waals surface area (Å²) in [5.74, 6) is 2.68. The average molecular weight is 378 g/mol. The molecule has 0 bridgehead atoms. The molecule has 2 N–H and O–H groups in total. The predicted octanol–water partition coefficient (Wildman–Crippen LogP) is 1.29. The van der Waals surface area contributed by atoms with Crippen molar-refractivity contribution >= 4 is 29.9 Å². The second kappa shape index (κ2) is 8.34. The fraction of sp³-hybridized carbons (Fsp3) is 0.750. The van der Waals surface area contributed by atoms with Crippen molar-refractivity contribution in [2.24, 2.45) is 18.0 Å². The maximum atomic E-state index is 4.51. The molecule has 1 saturated carbocycles. The Balaban J connectivity index is 0.00000180. The lowest BCUT2D eigenvalue weighted by Gasteiger charge is -2.10. The van der Waals surface area contributed by atoms with E-state index in [-0.39, 0.29) is 24.0 Å². The van der Waals surface area contributed by atoms with E-state index >= 15 is 0 Å². The summed E-state index contributed by atoms with van der Waals surface area (Å²) in [6.45, 7) is 4.49. The molecule has 0 unspecified atom stereocenters. The van der Waals surface area contributed by atoms with Crippen molar-refractivity contribution in [3.8, 4) is 0 Å². The van der Waals surface area contributed by atoms with Crippen LogP contribution in [0.15, 0.2) is 11.3 Å². The summed E-state index contributed by atoms with van der Waals surface area (Å²) in [6, 6.07) is 0. The molecule has 1 fully saturated rings. The summed E-state index contributed by atoms with van der Waals surface area (Å²) in [5, 5.41) is 10.6. The van der Waals surface area contributed by atoms with Gasteiger partial charge >= 0.3 is 0 Å². The van der Waals surface area contributed by atoms with Crippen molar-refractivity contribution in [3.05, 3.63) is 12.2 Å². The molecular formula is C12H23IN6. The lowest BCUT2D eigenvalue weighted by Crippen LogP contribution is -2.37. The van der Waals surface area contributed by atoms with E-state index in [0.717, 1.165) is 30.8 Å². The zero-order valence-electron chi connectivity index (χ0n) is 11.6. The van der Waals surface area contributed by atoms with Crippen LogP contribution in [0, 0.1) is 5.92 Å². The summed E-state index contributed by atoms with van der Waals surface area (Å²) >= 11 is 0. The smallest absolute Gasteiger partial charge is 0.191 e. The molecule has 0 amide bonds. The Morgan fingerprint density at radius 3 is 2.84 bits per heavy atom. The van der Waals surface area contributed by atoms with Crippen LogP contribution in [0.2, 0.25) is 0 Å². The highest BCUT2D eigenvalue weighted by molar-refractivity contribution is 14.0. The van der Waals surface area contributed by atoms with Gasteiger partial charge in [-0.25, -0.2) is 9.98 Å². The largest absolute Gasteiger partial charge is 0.357 e. The van der Waals surface area contributed by atoms with Crippen LogP contribution in [0.4, 0.5) is 0 Å². The van der Waals surface area contributed by atoms with Gasteiger partial charge in [0.15, 0.2) is 5.96 Å². The summed E-state index contributed by atoms with van der Waals surface area (Å²) < 4.78 is 1.75. The minimum Gasteiger partial charge on any atom is -0.357 e. The number of nitrogens with one attached hydrogen (secondary N) is 2. The zero-order valence-corrected chi connectivity index (χ0v) is 13.9. The molecule has 0 spiro atoms. The third-order valence-corrected chi connectivity index (χ3v) is 3.07. The lowest BCUT2D eigenvalue weighted by molar-refractivity contribution is 0.676. The highest BCUT2D eigenvalue weighted by Crippen LogP contribution is 2.31. The van der Waals surface area contributed by atoms with Crippen molar-refractivity contribution < 1.29 is 0 Å². The lowest BCUT2D eigenvalue weighted by atomic mass is 10.3. The number of aliphatic imine (C=N–C) groups is 1. The molecule has 7 heteroatoms. The molecule has 1 aromatic rings. The molecule has 0 aliphatic heterocycles. The van der Waals surface area contributed by atoms with E-state index in [1.807, 2.05) is 7.05 Å². The normalized spacial score (nSPS) is 14.9. The molecule has 1 aromatic heterocycles. The van der Waals surface area contributed by atoms with Crippen LogP contribution < -0.4 is 10.6 Å². The van der Waals surface area contributed by atoms with Crippen molar-refractivity contribution in [2.45, 2.75) is 32.7 Å². The monoisotopic (exact) mass is 378 g/mol. The number of aromatic nitrogens is 3. The fourth-order valence-electron chi connectivity index (χ4n) is 1.76. The molecule has 0 atom stereocenters. The van der Waals surface area contributed by atoms with E-state index in [4.69, 9.17) is 0 Å². The number of halogens is 1. The van der Waals surface area contributed by atoms with Crippen LogP contribution in [-0.4, -0.2) is 33.8 Å². The number of aryl methyl sites for hydroxylation is 1. The van der Waals surface area contributed by atoms with Crippen molar-refractivity contribution in [1.29, 1.82) is 0 Å². The van der Waals surface area contributed by atoms with Gasteiger partial charge in [0.2, 0.25) is 0 Å². The maximum absolute atomic E-state index is 4.51. The summed E-state index contributed by atoms with van der Waals surface area (Å²) in [4.78, 5) is 8.66. The van der Waals surface area contributed by atoms with E-state index < -0.39 is 0 Å². The third-order valence-electron chi connectivity index (χ3n) is 3.07. The topological polar surface area (TPSA) is 67.1 Å². The van der Waals surface area contributed by atoms with Crippen molar-refractivity contribution in [3.63, 3.8) is 0 Å². The first-order chi connectivity index (χ1) is 8.79. The van der Waals surface area contributed by atoms with Crippen LogP contribution in [0.25, 0.3) is 0 Å². The molecule has 108 valence electrons. The molecule has 19 heavy (non-hydrogen) atoms. The standard InChI is InChI=1S/C12H22N6.HI/c1-3-13-12(14-7-6-10-4-5-10)15-8-11-16-9-17-18(11)2;/h9-10H,3-8H2,1-2H3,(H2,13,14,15);1H.